The van der Waals surface area contributed by atoms with Gasteiger partial charge in [-0.2, -0.15) is 0 Å². The van der Waals surface area contributed by atoms with E-state index in [9.17, 15) is 0 Å². The van der Waals surface area contributed by atoms with Crippen LogP contribution < -0.4 is 10.6 Å². The van der Waals surface area contributed by atoms with Gasteiger partial charge in [-0.15, -0.1) is 0 Å². The molecular formula is C13H19N3O2S. The van der Waals surface area contributed by atoms with Crippen molar-refractivity contribution in [2.45, 2.75) is 19.1 Å². The zero-order valence-electron chi connectivity index (χ0n) is 11.4. The predicted octanol–water partition coefficient (Wildman–Crippen LogP) is 0.874. The summed E-state index contributed by atoms with van der Waals surface area (Å²) in [6.45, 7) is 3.43. The maximum absolute atomic E-state index is 5.82. The van der Waals surface area contributed by atoms with Crippen LogP contribution in [0.3, 0.4) is 0 Å². The molecule has 0 saturated carbocycles. The van der Waals surface area contributed by atoms with E-state index in [0.717, 1.165) is 30.0 Å². The Bertz CT molecular complexity index is 469. The van der Waals surface area contributed by atoms with E-state index in [-0.39, 0.29) is 12.2 Å². The highest BCUT2D eigenvalue weighted by atomic mass is 32.1. The number of ether oxygens (including phenoxy) is 2. The Hall–Kier alpha value is -1.24. The van der Waals surface area contributed by atoms with Gasteiger partial charge in [0.25, 0.3) is 0 Å². The lowest BCUT2D eigenvalue weighted by Gasteiger charge is -2.21. The Labute approximate surface area is 118 Å². The monoisotopic (exact) mass is 281 g/mol. The second-order valence-electron chi connectivity index (χ2n) is 4.64. The van der Waals surface area contributed by atoms with Crippen molar-refractivity contribution in [1.82, 2.24) is 4.98 Å². The van der Waals surface area contributed by atoms with E-state index >= 15 is 0 Å². The first kappa shape index (κ1) is 14.2. The number of pyridine rings is 1. The van der Waals surface area contributed by atoms with Crippen molar-refractivity contribution in [3.8, 4) is 0 Å². The maximum atomic E-state index is 5.82. The molecule has 0 amide bonds. The molecule has 19 heavy (non-hydrogen) atoms. The fourth-order valence-electron chi connectivity index (χ4n) is 2.46. The minimum Gasteiger partial charge on any atom is -0.389 e. The second-order valence-corrected chi connectivity index (χ2v) is 5.08. The summed E-state index contributed by atoms with van der Waals surface area (Å²) in [5, 5.41) is 0. The zero-order valence-corrected chi connectivity index (χ0v) is 12.2. The van der Waals surface area contributed by atoms with Gasteiger partial charge >= 0.3 is 0 Å². The van der Waals surface area contributed by atoms with Gasteiger partial charge in [-0.25, -0.2) is 4.98 Å². The van der Waals surface area contributed by atoms with E-state index in [1.165, 1.54) is 0 Å². The molecule has 1 aromatic heterocycles. The topological polar surface area (TPSA) is 60.6 Å². The molecule has 0 radical (unpaired) electrons. The number of rotatable bonds is 4. The van der Waals surface area contributed by atoms with E-state index in [4.69, 9.17) is 27.4 Å². The second kappa shape index (κ2) is 5.81. The fourth-order valence-corrected chi connectivity index (χ4v) is 2.71. The lowest BCUT2D eigenvalue weighted by Crippen LogP contribution is -2.27. The number of anilines is 1. The van der Waals surface area contributed by atoms with Crippen molar-refractivity contribution >= 4 is 23.0 Å². The summed E-state index contributed by atoms with van der Waals surface area (Å²) in [5.41, 5.74) is 7.69. The van der Waals surface area contributed by atoms with Crippen LogP contribution in [0.5, 0.6) is 0 Å². The smallest absolute Gasteiger partial charge is 0.139 e. The summed E-state index contributed by atoms with van der Waals surface area (Å²) in [6.07, 6.45) is 1.84. The fraction of sp³-hybridized carbons (Fsp3) is 0.538. The van der Waals surface area contributed by atoms with Crippen LogP contribution in [0, 0.1) is 6.92 Å². The van der Waals surface area contributed by atoms with Crippen molar-refractivity contribution in [1.29, 1.82) is 0 Å². The van der Waals surface area contributed by atoms with E-state index in [2.05, 4.69) is 9.88 Å². The molecule has 104 valence electrons. The van der Waals surface area contributed by atoms with Gasteiger partial charge < -0.3 is 20.1 Å². The van der Waals surface area contributed by atoms with Crippen molar-refractivity contribution in [2.24, 2.45) is 5.73 Å². The molecule has 1 fully saturated rings. The average Bonchev–Trinajstić information content (AvgIpc) is 2.81. The van der Waals surface area contributed by atoms with Crippen LogP contribution in [0.2, 0.25) is 0 Å². The van der Waals surface area contributed by atoms with Gasteiger partial charge in [0.2, 0.25) is 0 Å². The minimum atomic E-state index is 0.0338. The van der Waals surface area contributed by atoms with Gasteiger partial charge in [0.05, 0.1) is 5.56 Å². The molecule has 1 aliphatic rings. The van der Waals surface area contributed by atoms with Crippen LogP contribution in [0.25, 0.3) is 0 Å². The number of hydrogen-bond acceptors (Lipinski definition) is 5. The van der Waals surface area contributed by atoms with Gasteiger partial charge in [0.15, 0.2) is 0 Å². The van der Waals surface area contributed by atoms with E-state index in [0.29, 0.717) is 4.99 Å². The Morgan fingerprint density at radius 3 is 2.42 bits per heavy atom. The van der Waals surface area contributed by atoms with Crippen LogP contribution >= 0.6 is 12.2 Å². The van der Waals surface area contributed by atoms with Crippen LogP contribution in [0.4, 0.5) is 5.82 Å². The molecule has 2 unspecified atom stereocenters. The molecule has 0 spiro atoms. The highest BCUT2D eigenvalue weighted by molar-refractivity contribution is 7.80. The van der Waals surface area contributed by atoms with E-state index < -0.39 is 0 Å². The minimum absolute atomic E-state index is 0.0338. The third-order valence-corrected chi connectivity index (χ3v) is 3.71. The van der Waals surface area contributed by atoms with Crippen LogP contribution in [0.15, 0.2) is 12.3 Å². The first-order chi connectivity index (χ1) is 9.08. The van der Waals surface area contributed by atoms with Gasteiger partial charge in [0.1, 0.15) is 23.0 Å². The lowest BCUT2D eigenvalue weighted by molar-refractivity contribution is -0.00461. The third kappa shape index (κ3) is 2.70. The molecular weight excluding hydrogens is 262 g/mol. The molecule has 2 atom stereocenters. The standard InChI is InChI=1S/C13H19N3O2S/c1-8-4-5-15-13(11(8)12(14)19)16-6-9(17-2)10(7-16)18-3/h4-5,9-10H,6-7H2,1-3H3,(H2,14,19). The molecule has 0 bridgehead atoms. The Balaban J connectivity index is 2.33. The average molecular weight is 281 g/mol. The highest BCUT2D eigenvalue weighted by Gasteiger charge is 2.34. The Morgan fingerprint density at radius 2 is 1.95 bits per heavy atom. The van der Waals surface area contributed by atoms with Gasteiger partial charge in [-0.05, 0) is 18.6 Å². The summed E-state index contributed by atoms with van der Waals surface area (Å²) in [4.78, 5) is 6.91. The molecule has 0 aromatic carbocycles. The molecule has 1 aromatic rings. The SMILES string of the molecule is COC1CN(c2nccc(C)c2C(N)=S)CC1OC. The predicted molar refractivity (Wildman–Crippen MR) is 78.7 cm³/mol. The third-order valence-electron chi connectivity index (χ3n) is 3.51. The number of hydrogen-bond donors (Lipinski definition) is 1. The van der Waals surface area contributed by atoms with Crippen molar-refractivity contribution in [2.75, 3.05) is 32.2 Å². The Kier molecular flexibility index (Phi) is 4.34. The summed E-state index contributed by atoms with van der Waals surface area (Å²) >= 11 is 5.14. The lowest BCUT2D eigenvalue weighted by atomic mass is 10.1. The normalized spacial score (nSPS) is 22.8. The molecule has 1 saturated heterocycles. The van der Waals surface area contributed by atoms with Crippen molar-refractivity contribution in [3.63, 3.8) is 0 Å². The molecule has 0 aliphatic carbocycles. The number of methoxy groups -OCH3 is 2. The molecule has 2 heterocycles. The van der Waals surface area contributed by atoms with Gasteiger partial charge in [-0.1, -0.05) is 12.2 Å². The van der Waals surface area contributed by atoms with Crippen LogP contribution in [0.1, 0.15) is 11.1 Å². The highest BCUT2D eigenvalue weighted by Crippen LogP contribution is 2.26. The number of nitrogens with two attached hydrogens (primary N) is 1. The zero-order chi connectivity index (χ0) is 14.0. The van der Waals surface area contributed by atoms with Gasteiger partial charge in [-0.3, -0.25) is 0 Å². The molecule has 5 nitrogen and oxygen atoms in total. The Morgan fingerprint density at radius 1 is 1.37 bits per heavy atom. The molecule has 1 aliphatic heterocycles. The largest absolute Gasteiger partial charge is 0.389 e. The first-order valence-corrected chi connectivity index (χ1v) is 6.55. The van der Waals surface area contributed by atoms with Crippen molar-refractivity contribution in [3.05, 3.63) is 23.4 Å². The van der Waals surface area contributed by atoms with Crippen molar-refractivity contribution < 1.29 is 9.47 Å². The van der Waals surface area contributed by atoms with Crippen LogP contribution in [-0.4, -0.2) is 49.5 Å². The number of nitrogens with zero attached hydrogens (tertiary/aromatic N) is 2. The van der Waals surface area contributed by atoms with E-state index in [1.54, 1.807) is 20.4 Å². The van der Waals surface area contributed by atoms with E-state index in [1.807, 2.05) is 13.0 Å². The summed E-state index contributed by atoms with van der Waals surface area (Å²) in [7, 11) is 3.39. The first-order valence-electron chi connectivity index (χ1n) is 6.14. The summed E-state index contributed by atoms with van der Waals surface area (Å²) in [5.74, 6) is 0.814. The molecule has 2 N–H and O–H groups in total. The summed E-state index contributed by atoms with van der Waals surface area (Å²) in [6, 6.07) is 1.91. The van der Waals surface area contributed by atoms with Gasteiger partial charge in [0, 0.05) is 33.5 Å². The number of aryl methyl sites for hydroxylation is 1. The maximum Gasteiger partial charge on any atom is 0.139 e. The quantitative estimate of drug-likeness (QED) is 0.827. The number of aromatic nitrogens is 1. The molecule has 2 rings (SSSR count). The van der Waals surface area contributed by atoms with Crippen LogP contribution in [-0.2, 0) is 9.47 Å². The molecule has 6 heteroatoms. The summed E-state index contributed by atoms with van der Waals surface area (Å²) < 4.78 is 10.9. The number of thiocarbonyl (C=S) groups is 1.